The highest BCUT2D eigenvalue weighted by atomic mass is 16.5. The molecule has 1 heterocycles. The molecule has 0 aromatic carbocycles. The summed E-state index contributed by atoms with van der Waals surface area (Å²) in [6, 6.07) is 3.62. The summed E-state index contributed by atoms with van der Waals surface area (Å²) < 4.78 is 6.80. The lowest BCUT2D eigenvalue weighted by molar-refractivity contribution is 0.0691. The first-order valence-corrected chi connectivity index (χ1v) is 4.98. The largest absolute Gasteiger partial charge is 0.478 e. The van der Waals surface area contributed by atoms with E-state index in [4.69, 9.17) is 15.1 Å². The van der Waals surface area contributed by atoms with Crippen molar-refractivity contribution in [3.63, 3.8) is 0 Å². The fourth-order valence-corrected chi connectivity index (χ4v) is 1.54. The predicted molar refractivity (Wildman–Crippen MR) is 57.0 cm³/mol. The minimum atomic E-state index is -0.953. The van der Waals surface area contributed by atoms with Gasteiger partial charge in [-0.15, -0.1) is 0 Å². The van der Waals surface area contributed by atoms with Crippen molar-refractivity contribution in [2.45, 2.75) is 26.0 Å². The van der Waals surface area contributed by atoms with E-state index in [-0.39, 0.29) is 12.2 Å². The molecule has 0 radical (unpaired) electrons. The summed E-state index contributed by atoms with van der Waals surface area (Å²) in [6.45, 7) is 0.903. The Morgan fingerprint density at radius 1 is 1.69 bits per heavy atom. The van der Waals surface area contributed by atoms with Crippen LogP contribution in [-0.2, 0) is 17.9 Å². The zero-order valence-corrected chi connectivity index (χ0v) is 9.14. The Morgan fingerprint density at radius 2 is 2.44 bits per heavy atom. The topological polar surface area (TPSA) is 75.2 Å². The summed E-state index contributed by atoms with van der Waals surface area (Å²) in [5.41, 5.74) is 0.909. The lowest BCUT2D eigenvalue weighted by Gasteiger charge is -2.08. The fourth-order valence-electron chi connectivity index (χ4n) is 1.54. The Balaban J connectivity index is 2.83. The van der Waals surface area contributed by atoms with Crippen molar-refractivity contribution in [1.29, 1.82) is 5.26 Å². The van der Waals surface area contributed by atoms with Crippen LogP contribution in [0.2, 0.25) is 0 Å². The Bertz CT molecular complexity index is 404. The third-order valence-electron chi connectivity index (χ3n) is 2.28. The number of nitriles is 1. The summed E-state index contributed by atoms with van der Waals surface area (Å²) in [5, 5.41) is 17.4. The minimum Gasteiger partial charge on any atom is -0.478 e. The van der Waals surface area contributed by atoms with E-state index in [0.717, 1.165) is 0 Å². The highest BCUT2D eigenvalue weighted by molar-refractivity contribution is 5.89. The molecule has 1 aromatic rings. The smallest absolute Gasteiger partial charge is 0.337 e. The molecule has 0 unspecified atom stereocenters. The van der Waals surface area contributed by atoms with Gasteiger partial charge in [-0.3, -0.25) is 0 Å². The third kappa shape index (κ3) is 2.84. The molecule has 0 spiro atoms. The van der Waals surface area contributed by atoms with Crippen molar-refractivity contribution in [2.75, 3.05) is 7.11 Å². The van der Waals surface area contributed by atoms with E-state index in [1.54, 1.807) is 12.3 Å². The number of hydrogen-bond acceptors (Lipinski definition) is 3. The molecule has 16 heavy (non-hydrogen) atoms. The highest BCUT2D eigenvalue weighted by Gasteiger charge is 2.14. The molecule has 1 rings (SSSR count). The number of carbonyl (C=O) groups is 1. The fraction of sp³-hybridized carbons (Fsp3) is 0.455. The first-order valence-electron chi connectivity index (χ1n) is 4.98. The Morgan fingerprint density at radius 3 is 3.00 bits per heavy atom. The van der Waals surface area contributed by atoms with Crippen LogP contribution in [0.4, 0.5) is 0 Å². The molecular formula is C11H14N2O3. The number of nitrogens with zero attached hydrogens (tertiary/aromatic N) is 2. The van der Waals surface area contributed by atoms with Crippen molar-refractivity contribution < 1.29 is 14.6 Å². The first kappa shape index (κ1) is 12.3. The quantitative estimate of drug-likeness (QED) is 0.742. The average Bonchev–Trinajstić information content (AvgIpc) is 2.63. The van der Waals surface area contributed by atoms with Crippen molar-refractivity contribution >= 4 is 5.97 Å². The van der Waals surface area contributed by atoms with Gasteiger partial charge in [0.15, 0.2) is 0 Å². The number of ether oxygens (including phenoxy) is 1. The van der Waals surface area contributed by atoms with Crippen LogP contribution >= 0.6 is 0 Å². The Hall–Kier alpha value is -1.80. The Kier molecular flexibility index (Phi) is 4.55. The van der Waals surface area contributed by atoms with Crippen LogP contribution in [0, 0.1) is 11.3 Å². The number of carboxylic acids is 1. The number of aromatic nitrogens is 1. The second-order valence-electron chi connectivity index (χ2n) is 3.37. The molecule has 1 N–H and O–H groups in total. The number of hydrogen-bond donors (Lipinski definition) is 1. The van der Waals surface area contributed by atoms with Crippen molar-refractivity contribution in [3.05, 3.63) is 23.5 Å². The summed E-state index contributed by atoms with van der Waals surface area (Å²) >= 11 is 0. The molecule has 0 saturated heterocycles. The second kappa shape index (κ2) is 5.93. The molecule has 0 aliphatic carbocycles. The summed E-state index contributed by atoms with van der Waals surface area (Å²) in [7, 11) is 1.53. The maximum Gasteiger partial charge on any atom is 0.337 e. The van der Waals surface area contributed by atoms with E-state index in [1.165, 1.54) is 7.11 Å². The van der Waals surface area contributed by atoms with Crippen molar-refractivity contribution in [1.82, 2.24) is 4.57 Å². The van der Waals surface area contributed by atoms with E-state index < -0.39 is 5.97 Å². The minimum absolute atomic E-state index is 0.263. The van der Waals surface area contributed by atoms with Gasteiger partial charge in [0.2, 0.25) is 0 Å². The second-order valence-corrected chi connectivity index (χ2v) is 3.37. The zero-order valence-electron chi connectivity index (χ0n) is 9.14. The van der Waals surface area contributed by atoms with Crippen LogP contribution in [0.1, 0.15) is 28.9 Å². The molecule has 0 aliphatic rings. The summed E-state index contributed by atoms with van der Waals surface area (Å²) in [4.78, 5) is 10.9. The van der Waals surface area contributed by atoms with Gasteiger partial charge in [0.1, 0.15) is 0 Å². The highest BCUT2D eigenvalue weighted by Crippen LogP contribution is 2.13. The number of unbranched alkanes of at least 4 members (excludes halogenated alkanes) is 1. The molecule has 0 atom stereocenters. The monoisotopic (exact) mass is 222 g/mol. The van der Waals surface area contributed by atoms with Crippen LogP contribution in [0.25, 0.3) is 0 Å². The molecule has 0 amide bonds. The van der Waals surface area contributed by atoms with Gasteiger partial charge in [0, 0.05) is 26.3 Å². The zero-order chi connectivity index (χ0) is 12.0. The van der Waals surface area contributed by atoms with Gasteiger partial charge in [-0.2, -0.15) is 5.26 Å². The first-order chi connectivity index (χ1) is 7.70. The molecule has 1 aromatic heterocycles. The molecule has 0 saturated carbocycles. The molecule has 0 bridgehead atoms. The lowest BCUT2D eigenvalue weighted by Crippen LogP contribution is -2.08. The number of rotatable bonds is 6. The van der Waals surface area contributed by atoms with E-state index >= 15 is 0 Å². The van der Waals surface area contributed by atoms with Crippen LogP contribution in [0.15, 0.2) is 12.3 Å². The lowest BCUT2D eigenvalue weighted by atomic mass is 10.2. The SMILES string of the molecule is COCc1c(C(=O)O)ccn1CCCC#N. The van der Waals surface area contributed by atoms with E-state index in [0.29, 0.717) is 25.1 Å². The van der Waals surface area contributed by atoms with Gasteiger partial charge < -0.3 is 14.4 Å². The van der Waals surface area contributed by atoms with Gasteiger partial charge in [-0.05, 0) is 12.5 Å². The summed E-state index contributed by atoms with van der Waals surface area (Å²) in [5.74, 6) is -0.953. The standard InChI is InChI=1S/C11H14N2O3/c1-16-8-10-9(11(14)15)4-7-13(10)6-3-2-5-12/h4,7H,2-3,6,8H2,1H3,(H,14,15). The predicted octanol–water partition coefficient (Wildman–Crippen LogP) is 1.64. The molecule has 5 heteroatoms. The van der Waals surface area contributed by atoms with E-state index in [1.807, 2.05) is 4.57 Å². The molecule has 86 valence electrons. The van der Waals surface area contributed by atoms with Crippen molar-refractivity contribution in [2.24, 2.45) is 0 Å². The van der Waals surface area contributed by atoms with Crippen LogP contribution in [0.5, 0.6) is 0 Å². The van der Waals surface area contributed by atoms with Crippen LogP contribution in [0.3, 0.4) is 0 Å². The van der Waals surface area contributed by atoms with Crippen LogP contribution in [-0.4, -0.2) is 22.8 Å². The number of aromatic carboxylic acids is 1. The Labute approximate surface area is 93.9 Å². The van der Waals surface area contributed by atoms with Gasteiger partial charge >= 0.3 is 5.97 Å². The molecule has 5 nitrogen and oxygen atoms in total. The molecule has 0 fully saturated rings. The molecular weight excluding hydrogens is 208 g/mol. The number of methoxy groups -OCH3 is 1. The maximum absolute atomic E-state index is 10.9. The van der Waals surface area contributed by atoms with Gasteiger partial charge in [0.05, 0.1) is 23.9 Å². The van der Waals surface area contributed by atoms with Crippen LogP contribution < -0.4 is 0 Å². The third-order valence-corrected chi connectivity index (χ3v) is 2.28. The average molecular weight is 222 g/mol. The van der Waals surface area contributed by atoms with Gasteiger partial charge in [-0.25, -0.2) is 4.79 Å². The summed E-state index contributed by atoms with van der Waals surface area (Å²) in [6.07, 6.45) is 2.89. The normalized spacial score (nSPS) is 10.0. The molecule has 0 aliphatic heterocycles. The van der Waals surface area contributed by atoms with Crippen molar-refractivity contribution in [3.8, 4) is 6.07 Å². The number of carboxylic acid groups (broad SMARTS) is 1. The van der Waals surface area contributed by atoms with E-state index in [2.05, 4.69) is 6.07 Å². The van der Waals surface area contributed by atoms with E-state index in [9.17, 15) is 4.79 Å². The number of aryl methyl sites for hydroxylation is 1. The van der Waals surface area contributed by atoms with Gasteiger partial charge in [-0.1, -0.05) is 0 Å². The van der Waals surface area contributed by atoms with Gasteiger partial charge in [0.25, 0.3) is 0 Å². The maximum atomic E-state index is 10.9.